The fraction of sp³-hybridized carbons (Fsp3) is 0.333. The van der Waals surface area contributed by atoms with Crippen molar-refractivity contribution in [3.8, 4) is 11.8 Å². The number of likely N-dealkylation sites (tertiary alicyclic amines) is 1. The molecular weight excluding hydrogens is 424 g/mol. The molecule has 2 aromatic rings. The van der Waals surface area contributed by atoms with Crippen LogP contribution >= 0.6 is 11.8 Å². The van der Waals surface area contributed by atoms with Gasteiger partial charge in [-0.1, -0.05) is 0 Å². The predicted octanol–water partition coefficient (Wildman–Crippen LogP) is 4.01. The summed E-state index contributed by atoms with van der Waals surface area (Å²) in [5, 5.41) is 8.60. The summed E-state index contributed by atoms with van der Waals surface area (Å²) in [6.45, 7) is 5.08. The molecule has 32 heavy (non-hydrogen) atoms. The van der Waals surface area contributed by atoms with E-state index in [0.717, 1.165) is 58.6 Å². The predicted molar refractivity (Wildman–Crippen MR) is 123 cm³/mol. The highest BCUT2D eigenvalue weighted by Crippen LogP contribution is 2.34. The van der Waals surface area contributed by atoms with Gasteiger partial charge in [-0.2, -0.15) is 5.26 Å². The molecule has 0 aliphatic carbocycles. The average molecular weight is 449 g/mol. The van der Waals surface area contributed by atoms with Crippen molar-refractivity contribution in [2.75, 3.05) is 19.6 Å². The van der Waals surface area contributed by atoms with Crippen LogP contribution in [0.3, 0.4) is 0 Å². The summed E-state index contributed by atoms with van der Waals surface area (Å²) in [7, 11) is 0. The van der Waals surface area contributed by atoms with Crippen molar-refractivity contribution in [3.63, 3.8) is 0 Å². The minimum absolute atomic E-state index is 0.174. The zero-order valence-corrected chi connectivity index (χ0v) is 18.9. The third-order valence-electron chi connectivity index (χ3n) is 5.89. The molecule has 0 N–H and O–H groups in total. The molecule has 4 rings (SSSR count). The molecule has 2 aliphatic heterocycles. The second-order valence-electron chi connectivity index (χ2n) is 8.03. The molecule has 0 unspecified atom stereocenters. The number of carbonyl (C=O) groups is 3. The third-order valence-corrected chi connectivity index (χ3v) is 6.79. The summed E-state index contributed by atoms with van der Waals surface area (Å²) in [5.74, 6) is -0.597. The first-order chi connectivity index (χ1) is 15.4. The molecule has 2 fully saturated rings. The first-order valence-corrected chi connectivity index (χ1v) is 11.4. The lowest BCUT2D eigenvalue weighted by atomic mass is 10.1. The summed E-state index contributed by atoms with van der Waals surface area (Å²) >= 11 is 0.872. The minimum Gasteiger partial charge on any atom is -0.341 e. The van der Waals surface area contributed by atoms with Gasteiger partial charge in [-0.3, -0.25) is 19.3 Å². The number of amides is 3. The van der Waals surface area contributed by atoms with Crippen molar-refractivity contribution < 1.29 is 14.4 Å². The average Bonchev–Trinajstić information content (AvgIpc) is 3.23. The molecule has 0 spiro atoms. The van der Waals surface area contributed by atoms with Crippen molar-refractivity contribution in [3.05, 3.63) is 57.8 Å². The molecule has 0 radical (unpaired) electrons. The van der Waals surface area contributed by atoms with Gasteiger partial charge in [0.1, 0.15) is 6.54 Å². The number of aromatic nitrogens is 1. The number of nitriles is 1. The van der Waals surface area contributed by atoms with E-state index in [0.29, 0.717) is 23.6 Å². The smallest absolute Gasteiger partial charge is 0.294 e. The molecule has 2 saturated heterocycles. The number of benzene rings is 1. The Kier molecular flexibility index (Phi) is 6.19. The van der Waals surface area contributed by atoms with Crippen LogP contribution in [0.25, 0.3) is 11.8 Å². The Hall–Kier alpha value is -3.31. The van der Waals surface area contributed by atoms with Gasteiger partial charge in [-0.05, 0) is 86.8 Å². The molecule has 0 saturated carbocycles. The number of thioether (sulfide) groups is 1. The van der Waals surface area contributed by atoms with E-state index in [-0.39, 0.29) is 12.5 Å². The molecular formula is C24H24N4O3S. The Labute approximate surface area is 191 Å². The summed E-state index contributed by atoms with van der Waals surface area (Å²) < 4.78 is 2.04. The molecule has 1 aromatic heterocycles. The van der Waals surface area contributed by atoms with Gasteiger partial charge in [0.25, 0.3) is 11.1 Å². The van der Waals surface area contributed by atoms with Crippen LogP contribution in [0.15, 0.2) is 35.2 Å². The molecule has 8 heteroatoms. The van der Waals surface area contributed by atoms with Crippen molar-refractivity contribution >= 4 is 34.9 Å². The van der Waals surface area contributed by atoms with Crippen LogP contribution in [0.5, 0.6) is 0 Å². The van der Waals surface area contributed by atoms with Crippen LogP contribution in [0.4, 0.5) is 4.79 Å². The van der Waals surface area contributed by atoms with E-state index in [2.05, 4.69) is 6.07 Å². The summed E-state index contributed by atoms with van der Waals surface area (Å²) in [5.41, 5.74) is 4.23. The van der Waals surface area contributed by atoms with Crippen molar-refractivity contribution in [1.82, 2.24) is 14.4 Å². The highest BCUT2D eigenvalue weighted by molar-refractivity contribution is 8.18. The standard InChI is InChI=1S/C24H24N4O3S/c1-16-12-19(17(2)28(16)20-8-6-18(14-25)7-9-20)13-21-23(30)27(24(31)32-21)15-22(29)26-10-4-3-5-11-26/h6-9,12-13H,3-5,10-11,15H2,1-2H3. The van der Waals surface area contributed by atoms with Crippen molar-refractivity contribution in [1.29, 1.82) is 5.26 Å². The van der Waals surface area contributed by atoms with E-state index >= 15 is 0 Å². The zero-order chi connectivity index (χ0) is 22.8. The van der Waals surface area contributed by atoms with Crippen molar-refractivity contribution in [2.24, 2.45) is 0 Å². The maximum absolute atomic E-state index is 12.9. The lowest BCUT2D eigenvalue weighted by molar-refractivity contribution is -0.136. The fourth-order valence-corrected chi connectivity index (χ4v) is 5.00. The number of rotatable bonds is 4. The summed E-state index contributed by atoms with van der Waals surface area (Å²) in [6, 6.07) is 11.4. The molecule has 2 aliphatic rings. The monoisotopic (exact) mass is 448 g/mol. The highest BCUT2D eigenvalue weighted by atomic mass is 32.2. The first kappa shape index (κ1) is 21.9. The number of hydrogen-bond donors (Lipinski definition) is 0. The normalized spacial score (nSPS) is 17.8. The number of piperidine rings is 1. The van der Waals surface area contributed by atoms with Gasteiger partial charge in [-0.15, -0.1) is 0 Å². The summed E-state index contributed by atoms with van der Waals surface area (Å²) in [4.78, 5) is 41.0. The quantitative estimate of drug-likeness (QED) is 0.660. The Morgan fingerprint density at radius 1 is 1.12 bits per heavy atom. The van der Waals surface area contributed by atoms with E-state index in [1.165, 1.54) is 0 Å². The molecule has 164 valence electrons. The van der Waals surface area contributed by atoms with Gasteiger partial charge in [0, 0.05) is 30.2 Å². The van der Waals surface area contributed by atoms with E-state index < -0.39 is 11.1 Å². The van der Waals surface area contributed by atoms with Crippen LogP contribution in [-0.4, -0.2) is 51.1 Å². The number of aryl methyl sites for hydroxylation is 1. The summed E-state index contributed by atoms with van der Waals surface area (Å²) in [6.07, 6.45) is 4.75. The molecule has 0 atom stereocenters. The van der Waals surface area contributed by atoms with Crippen LogP contribution in [0.1, 0.15) is 41.8 Å². The molecule has 7 nitrogen and oxygen atoms in total. The highest BCUT2D eigenvalue weighted by Gasteiger charge is 2.37. The Bertz CT molecular complexity index is 1150. The number of nitrogens with zero attached hydrogens (tertiary/aromatic N) is 4. The molecule has 0 bridgehead atoms. The third kappa shape index (κ3) is 4.21. The van der Waals surface area contributed by atoms with E-state index in [1.54, 1.807) is 23.1 Å². The number of imide groups is 1. The zero-order valence-electron chi connectivity index (χ0n) is 18.1. The van der Waals surface area contributed by atoms with E-state index in [1.807, 2.05) is 36.6 Å². The van der Waals surface area contributed by atoms with Gasteiger partial charge >= 0.3 is 0 Å². The number of hydrogen-bond acceptors (Lipinski definition) is 5. The SMILES string of the molecule is Cc1cc(C=C2SC(=O)N(CC(=O)N3CCCCC3)C2=O)c(C)n1-c1ccc(C#N)cc1. The Morgan fingerprint density at radius 2 is 1.81 bits per heavy atom. The largest absolute Gasteiger partial charge is 0.341 e. The number of carbonyl (C=O) groups excluding carboxylic acids is 3. The van der Waals surface area contributed by atoms with Crippen LogP contribution in [0.2, 0.25) is 0 Å². The maximum Gasteiger partial charge on any atom is 0.294 e. The second-order valence-corrected chi connectivity index (χ2v) is 9.02. The van der Waals surface area contributed by atoms with Gasteiger partial charge in [0.15, 0.2) is 0 Å². The van der Waals surface area contributed by atoms with Gasteiger partial charge < -0.3 is 9.47 Å². The van der Waals surface area contributed by atoms with Gasteiger partial charge in [0.05, 0.1) is 16.5 Å². The molecule has 1 aromatic carbocycles. The second kappa shape index (κ2) is 9.05. The van der Waals surface area contributed by atoms with E-state index in [9.17, 15) is 14.4 Å². The Balaban J connectivity index is 1.55. The maximum atomic E-state index is 12.9. The van der Waals surface area contributed by atoms with E-state index in [4.69, 9.17) is 5.26 Å². The van der Waals surface area contributed by atoms with Crippen LogP contribution in [-0.2, 0) is 9.59 Å². The lowest BCUT2D eigenvalue weighted by Gasteiger charge is -2.27. The van der Waals surface area contributed by atoms with Crippen molar-refractivity contribution in [2.45, 2.75) is 33.1 Å². The van der Waals surface area contributed by atoms with Crippen LogP contribution in [0, 0.1) is 25.2 Å². The minimum atomic E-state index is -0.423. The lowest BCUT2D eigenvalue weighted by Crippen LogP contribution is -2.44. The molecule has 3 amide bonds. The Morgan fingerprint density at radius 3 is 2.47 bits per heavy atom. The topological polar surface area (TPSA) is 86.4 Å². The molecule has 3 heterocycles. The fourth-order valence-electron chi connectivity index (χ4n) is 4.17. The van der Waals surface area contributed by atoms with Gasteiger partial charge in [-0.25, -0.2) is 0 Å². The first-order valence-electron chi connectivity index (χ1n) is 10.6. The van der Waals surface area contributed by atoms with Gasteiger partial charge in [0.2, 0.25) is 5.91 Å². The van der Waals surface area contributed by atoms with Crippen LogP contribution < -0.4 is 0 Å².